The molecule has 2 rings (SSSR count). The molecule has 1 aromatic carbocycles. The normalized spacial score (nSPS) is 22.7. The average molecular weight is 267 g/mol. The lowest BCUT2D eigenvalue weighted by Crippen LogP contribution is -2.24. The van der Waals surface area contributed by atoms with E-state index in [4.69, 9.17) is 16.3 Å². The fraction of sp³-hybridized carbons (Fsp3) is 0.533. The van der Waals surface area contributed by atoms with Gasteiger partial charge in [0, 0.05) is 11.4 Å². The van der Waals surface area contributed by atoms with Gasteiger partial charge in [0.1, 0.15) is 5.60 Å². The Labute approximate surface area is 113 Å². The van der Waals surface area contributed by atoms with Gasteiger partial charge in [0.05, 0.1) is 0 Å². The highest BCUT2D eigenvalue weighted by atomic mass is 35.5. The highest BCUT2D eigenvalue weighted by Gasteiger charge is 2.40. The number of benzene rings is 1. The Morgan fingerprint density at radius 2 is 2.17 bits per heavy atom. The molecule has 0 N–H and O–H groups in total. The number of halogens is 1. The first-order valence-corrected chi connectivity index (χ1v) is 6.70. The second kappa shape index (κ2) is 4.93. The molecule has 0 saturated heterocycles. The largest absolute Gasteiger partial charge is 0.460 e. The Balaban J connectivity index is 1.87. The van der Waals surface area contributed by atoms with Gasteiger partial charge >= 0.3 is 5.97 Å². The summed E-state index contributed by atoms with van der Waals surface area (Å²) < 4.78 is 5.33. The Morgan fingerprint density at radius 1 is 1.44 bits per heavy atom. The lowest BCUT2D eigenvalue weighted by molar-refractivity contribution is -0.155. The summed E-state index contributed by atoms with van der Waals surface area (Å²) in [6.07, 6.45) is 1.56. The second-order valence-electron chi connectivity index (χ2n) is 5.95. The highest BCUT2D eigenvalue weighted by molar-refractivity contribution is 6.30. The molecule has 0 bridgehead atoms. The summed E-state index contributed by atoms with van der Waals surface area (Å²) in [5.41, 5.74) is 0.841. The van der Waals surface area contributed by atoms with Crippen LogP contribution < -0.4 is 0 Å². The molecule has 0 amide bonds. The van der Waals surface area contributed by atoms with Crippen LogP contribution in [0.4, 0.5) is 0 Å². The van der Waals surface area contributed by atoms with Crippen molar-refractivity contribution < 1.29 is 9.53 Å². The summed E-state index contributed by atoms with van der Waals surface area (Å²) in [6.45, 7) is 5.69. The maximum atomic E-state index is 11.7. The fourth-order valence-corrected chi connectivity index (χ4v) is 2.41. The molecule has 0 aromatic heterocycles. The number of carbonyl (C=O) groups is 1. The molecule has 98 valence electrons. The summed E-state index contributed by atoms with van der Waals surface area (Å²) >= 11 is 5.97. The molecule has 2 nitrogen and oxygen atoms in total. The van der Waals surface area contributed by atoms with Crippen molar-refractivity contribution in [2.24, 2.45) is 5.92 Å². The van der Waals surface area contributed by atoms with E-state index in [0.717, 1.165) is 11.4 Å². The van der Waals surface area contributed by atoms with Crippen LogP contribution in [0.5, 0.6) is 0 Å². The lowest BCUT2D eigenvalue weighted by atomic mass is 10.1. The Kier molecular flexibility index (Phi) is 3.67. The van der Waals surface area contributed by atoms with Gasteiger partial charge in [-0.1, -0.05) is 23.7 Å². The Hall–Kier alpha value is -1.02. The Bertz CT molecular complexity index is 448. The summed E-state index contributed by atoms with van der Waals surface area (Å²) in [6, 6.07) is 7.89. The molecule has 1 saturated carbocycles. The van der Waals surface area contributed by atoms with Crippen molar-refractivity contribution in [3.05, 3.63) is 34.9 Å². The summed E-state index contributed by atoms with van der Waals surface area (Å²) in [5, 5.41) is 0.760. The van der Waals surface area contributed by atoms with Crippen LogP contribution >= 0.6 is 11.6 Å². The van der Waals surface area contributed by atoms with E-state index in [1.165, 1.54) is 5.56 Å². The maximum Gasteiger partial charge on any atom is 0.306 e. The predicted molar refractivity (Wildman–Crippen MR) is 72.8 cm³/mol. The van der Waals surface area contributed by atoms with Crippen LogP contribution in [0.2, 0.25) is 5.02 Å². The van der Waals surface area contributed by atoms with Gasteiger partial charge in [0.15, 0.2) is 0 Å². The van der Waals surface area contributed by atoms with Gasteiger partial charge in [-0.15, -0.1) is 0 Å². The lowest BCUT2D eigenvalue weighted by Gasteiger charge is -2.19. The molecular weight excluding hydrogens is 248 g/mol. The van der Waals surface area contributed by atoms with E-state index in [0.29, 0.717) is 18.3 Å². The van der Waals surface area contributed by atoms with E-state index < -0.39 is 5.60 Å². The molecule has 0 spiro atoms. The van der Waals surface area contributed by atoms with Crippen LogP contribution in [0.15, 0.2) is 24.3 Å². The second-order valence-corrected chi connectivity index (χ2v) is 6.38. The molecule has 1 aliphatic carbocycles. The van der Waals surface area contributed by atoms with Crippen molar-refractivity contribution >= 4 is 17.6 Å². The third-order valence-corrected chi connectivity index (χ3v) is 3.28. The van der Waals surface area contributed by atoms with Crippen molar-refractivity contribution in [2.45, 2.75) is 45.1 Å². The number of carbonyl (C=O) groups excluding carboxylic acids is 1. The van der Waals surface area contributed by atoms with Gasteiger partial charge in [-0.05, 0) is 56.7 Å². The van der Waals surface area contributed by atoms with Crippen LogP contribution in [0, 0.1) is 5.92 Å². The van der Waals surface area contributed by atoms with E-state index in [9.17, 15) is 4.79 Å². The quantitative estimate of drug-likeness (QED) is 0.768. The van der Waals surface area contributed by atoms with Crippen molar-refractivity contribution in [2.75, 3.05) is 0 Å². The predicted octanol–water partition coefficient (Wildman–Crippen LogP) is 4.18. The van der Waals surface area contributed by atoms with Gasteiger partial charge < -0.3 is 4.74 Å². The molecule has 1 aliphatic rings. The molecule has 2 atom stereocenters. The van der Waals surface area contributed by atoms with Gasteiger partial charge in [-0.3, -0.25) is 4.79 Å². The van der Waals surface area contributed by atoms with Crippen molar-refractivity contribution in [1.82, 2.24) is 0 Å². The Morgan fingerprint density at radius 3 is 2.78 bits per heavy atom. The standard InChI is InChI=1S/C15H19ClO2/c1-15(2,3)18-14(17)9-11-8-13(11)10-5-4-6-12(16)7-10/h4-7,11,13H,8-9H2,1-3H3. The minimum absolute atomic E-state index is 0.1000. The van der Waals surface area contributed by atoms with Crippen molar-refractivity contribution in [3.63, 3.8) is 0 Å². The zero-order valence-corrected chi connectivity index (χ0v) is 11.8. The summed E-state index contributed by atoms with van der Waals surface area (Å²) in [7, 11) is 0. The van der Waals surface area contributed by atoms with Crippen molar-refractivity contribution in [1.29, 1.82) is 0 Å². The molecule has 0 aliphatic heterocycles. The zero-order valence-electron chi connectivity index (χ0n) is 11.1. The third-order valence-electron chi connectivity index (χ3n) is 3.05. The molecule has 0 radical (unpaired) electrons. The smallest absolute Gasteiger partial charge is 0.306 e. The molecule has 0 heterocycles. The number of rotatable bonds is 3. The van der Waals surface area contributed by atoms with Gasteiger partial charge in [0.2, 0.25) is 0 Å². The van der Waals surface area contributed by atoms with E-state index in [-0.39, 0.29) is 5.97 Å². The first-order chi connectivity index (χ1) is 8.35. The van der Waals surface area contributed by atoms with E-state index in [1.807, 2.05) is 39.0 Å². The van der Waals surface area contributed by atoms with Crippen molar-refractivity contribution in [3.8, 4) is 0 Å². The number of ether oxygens (including phenoxy) is 1. The van der Waals surface area contributed by atoms with Crippen LogP contribution in [-0.2, 0) is 9.53 Å². The first-order valence-electron chi connectivity index (χ1n) is 6.32. The monoisotopic (exact) mass is 266 g/mol. The average Bonchev–Trinajstić information content (AvgIpc) is 2.93. The van der Waals surface area contributed by atoms with Crippen LogP contribution in [0.1, 0.15) is 45.1 Å². The highest BCUT2D eigenvalue weighted by Crippen LogP contribution is 2.50. The number of hydrogen-bond acceptors (Lipinski definition) is 2. The number of hydrogen-bond donors (Lipinski definition) is 0. The zero-order chi connectivity index (χ0) is 13.3. The van der Waals surface area contributed by atoms with Crippen LogP contribution in [-0.4, -0.2) is 11.6 Å². The molecular formula is C15H19ClO2. The van der Waals surface area contributed by atoms with Gasteiger partial charge in [-0.2, -0.15) is 0 Å². The minimum atomic E-state index is -0.391. The maximum absolute atomic E-state index is 11.7. The van der Waals surface area contributed by atoms with E-state index in [2.05, 4.69) is 6.07 Å². The fourth-order valence-electron chi connectivity index (χ4n) is 2.22. The molecule has 1 fully saturated rings. The summed E-state index contributed by atoms with van der Waals surface area (Å²) in [4.78, 5) is 11.7. The molecule has 1 aromatic rings. The number of esters is 1. The van der Waals surface area contributed by atoms with Crippen LogP contribution in [0.25, 0.3) is 0 Å². The topological polar surface area (TPSA) is 26.3 Å². The third kappa shape index (κ3) is 3.74. The minimum Gasteiger partial charge on any atom is -0.460 e. The van der Waals surface area contributed by atoms with Gasteiger partial charge in [-0.25, -0.2) is 0 Å². The van der Waals surface area contributed by atoms with E-state index >= 15 is 0 Å². The first kappa shape index (κ1) is 13.4. The van der Waals surface area contributed by atoms with Gasteiger partial charge in [0.25, 0.3) is 0 Å². The SMILES string of the molecule is CC(C)(C)OC(=O)CC1CC1c1cccc(Cl)c1. The van der Waals surface area contributed by atoms with E-state index in [1.54, 1.807) is 0 Å². The molecule has 2 unspecified atom stereocenters. The molecule has 3 heteroatoms. The van der Waals surface area contributed by atoms with Crippen LogP contribution in [0.3, 0.4) is 0 Å². The summed E-state index contributed by atoms with van der Waals surface area (Å²) in [5.74, 6) is 0.784. The molecule has 18 heavy (non-hydrogen) atoms.